The van der Waals surface area contributed by atoms with E-state index in [1.165, 1.54) is 11.8 Å². The maximum atomic E-state index is 13.3. The lowest BCUT2D eigenvalue weighted by molar-refractivity contribution is -0.113. The van der Waals surface area contributed by atoms with E-state index in [4.69, 9.17) is 14.5 Å². The molecule has 3 aromatic rings. The molecule has 3 aliphatic rings. The minimum atomic E-state index is -0.521. The molecule has 6 rings (SSSR count). The quantitative estimate of drug-likeness (QED) is 0.397. The van der Waals surface area contributed by atoms with Gasteiger partial charge in [0.25, 0.3) is 11.3 Å². The van der Waals surface area contributed by atoms with Crippen LogP contribution in [0.25, 0.3) is 10.9 Å². The standard InChI is InChI=1S/C26H27N3O4S/c30-23(27-17-11-12-21-22(15-17)33-26(32-21)13-5-6-14-26)16-34-25-28-20-10-4-3-9-19(20)24(31)29(25)18-7-1-2-8-18/h3-4,9-12,15,18H,1-2,5-8,13-14,16H2,(H,27,30). The predicted octanol–water partition coefficient (Wildman–Crippen LogP) is 5.28. The van der Waals surface area contributed by atoms with Crippen molar-refractivity contribution in [3.63, 3.8) is 0 Å². The molecule has 0 atom stereocenters. The van der Waals surface area contributed by atoms with Gasteiger partial charge in [0.2, 0.25) is 5.91 Å². The van der Waals surface area contributed by atoms with Gasteiger partial charge in [-0.05, 0) is 49.9 Å². The molecule has 1 N–H and O–H groups in total. The van der Waals surface area contributed by atoms with Crippen molar-refractivity contribution in [3.05, 3.63) is 52.8 Å². The number of para-hydroxylation sites is 1. The summed E-state index contributed by atoms with van der Waals surface area (Å²) < 4.78 is 14.0. The minimum absolute atomic E-state index is 0.0166. The molecule has 0 saturated heterocycles. The van der Waals surface area contributed by atoms with Gasteiger partial charge < -0.3 is 14.8 Å². The summed E-state index contributed by atoms with van der Waals surface area (Å²) in [5, 5.41) is 4.19. The van der Waals surface area contributed by atoms with Gasteiger partial charge in [0.15, 0.2) is 16.7 Å². The summed E-state index contributed by atoms with van der Waals surface area (Å²) in [6, 6.07) is 13.1. The number of thioether (sulfide) groups is 1. The zero-order valence-electron chi connectivity index (χ0n) is 18.9. The largest absolute Gasteiger partial charge is 0.448 e. The van der Waals surface area contributed by atoms with Gasteiger partial charge in [0, 0.05) is 30.6 Å². The molecule has 1 spiro atoms. The summed E-state index contributed by atoms with van der Waals surface area (Å²) in [4.78, 5) is 30.8. The maximum absolute atomic E-state index is 13.3. The monoisotopic (exact) mass is 477 g/mol. The van der Waals surface area contributed by atoms with Crippen molar-refractivity contribution in [2.45, 2.75) is 68.4 Å². The first-order valence-electron chi connectivity index (χ1n) is 12.1. The van der Waals surface area contributed by atoms with Crippen LogP contribution in [-0.2, 0) is 4.79 Å². The number of hydrogen-bond acceptors (Lipinski definition) is 6. The summed E-state index contributed by atoms with van der Waals surface area (Å²) >= 11 is 1.31. The van der Waals surface area contributed by atoms with Gasteiger partial charge >= 0.3 is 0 Å². The Balaban J connectivity index is 1.18. The van der Waals surface area contributed by atoms with E-state index in [2.05, 4.69) is 5.32 Å². The third kappa shape index (κ3) is 3.94. The lowest BCUT2D eigenvalue weighted by Gasteiger charge is -2.21. The molecule has 1 amide bonds. The Bertz CT molecular complexity index is 1310. The second-order valence-electron chi connectivity index (χ2n) is 9.35. The van der Waals surface area contributed by atoms with Gasteiger partial charge in [-0.15, -0.1) is 0 Å². The van der Waals surface area contributed by atoms with Crippen LogP contribution in [0.1, 0.15) is 57.4 Å². The summed E-state index contributed by atoms with van der Waals surface area (Å²) in [5.74, 6) is 0.899. The van der Waals surface area contributed by atoms with Crippen molar-refractivity contribution in [2.75, 3.05) is 11.1 Å². The molecule has 2 fully saturated rings. The molecular weight excluding hydrogens is 450 g/mol. The summed E-state index contributed by atoms with van der Waals surface area (Å²) in [5.41, 5.74) is 1.32. The molecular formula is C26H27N3O4S. The van der Waals surface area contributed by atoms with Gasteiger partial charge in [-0.3, -0.25) is 14.2 Å². The van der Waals surface area contributed by atoms with E-state index in [1.807, 2.05) is 47.0 Å². The lowest BCUT2D eigenvalue weighted by atomic mass is 10.2. The van der Waals surface area contributed by atoms with Crippen LogP contribution < -0.4 is 20.3 Å². The average Bonchev–Trinajstić information content (AvgIpc) is 3.59. The molecule has 2 aromatic carbocycles. The molecule has 176 valence electrons. The fourth-order valence-electron chi connectivity index (χ4n) is 5.33. The molecule has 2 heterocycles. The molecule has 0 radical (unpaired) electrons. The van der Waals surface area contributed by atoms with Gasteiger partial charge in [0.1, 0.15) is 0 Å². The van der Waals surface area contributed by atoms with Gasteiger partial charge in [0.05, 0.1) is 16.7 Å². The Morgan fingerprint density at radius 1 is 1.06 bits per heavy atom. The highest BCUT2D eigenvalue weighted by Crippen LogP contribution is 2.47. The smallest absolute Gasteiger partial charge is 0.262 e. The maximum Gasteiger partial charge on any atom is 0.262 e. The molecule has 34 heavy (non-hydrogen) atoms. The van der Waals surface area contributed by atoms with E-state index in [1.54, 1.807) is 0 Å². The SMILES string of the molecule is O=C(CSc1nc2ccccc2c(=O)n1C1CCCC1)Nc1ccc2c(c1)OC1(CCCC1)O2. The average molecular weight is 478 g/mol. The van der Waals surface area contributed by atoms with Crippen LogP contribution >= 0.6 is 11.8 Å². The first kappa shape index (κ1) is 21.5. The van der Waals surface area contributed by atoms with Crippen molar-refractivity contribution in [2.24, 2.45) is 0 Å². The van der Waals surface area contributed by atoms with E-state index in [0.29, 0.717) is 27.5 Å². The van der Waals surface area contributed by atoms with E-state index < -0.39 is 5.79 Å². The normalized spacial score (nSPS) is 18.7. The fourth-order valence-corrected chi connectivity index (χ4v) is 6.19. The molecule has 2 saturated carbocycles. The van der Waals surface area contributed by atoms with Crippen LogP contribution in [0.5, 0.6) is 11.5 Å². The highest BCUT2D eigenvalue weighted by atomic mass is 32.2. The topological polar surface area (TPSA) is 82.5 Å². The first-order chi connectivity index (χ1) is 16.6. The number of carbonyl (C=O) groups is 1. The van der Waals surface area contributed by atoms with E-state index in [0.717, 1.165) is 57.1 Å². The van der Waals surface area contributed by atoms with Crippen molar-refractivity contribution in [1.82, 2.24) is 9.55 Å². The number of fused-ring (bicyclic) bond motifs is 2. The van der Waals surface area contributed by atoms with E-state index in [-0.39, 0.29) is 23.3 Å². The van der Waals surface area contributed by atoms with Gasteiger partial charge in [-0.2, -0.15) is 0 Å². The second kappa shape index (κ2) is 8.65. The molecule has 1 aromatic heterocycles. The lowest BCUT2D eigenvalue weighted by Crippen LogP contribution is -2.34. The number of ether oxygens (including phenoxy) is 2. The number of benzene rings is 2. The van der Waals surface area contributed by atoms with E-state index >= 15 is 0 Å². The zero-order valence-corrected chi connectivity index (χ0v) is 19.7. The van der Waals surface area contributed by atoms with Crippen molar-refractivity contribution < 1.29 is 14.3 Å². The third-order valence-corrected chi connectivity index (χ3v) is 7.94. The fraction of sp³-hybridized carbons (Fsp3) is 0.423. The second-order valence-corrected chi connectivity index (χ2v) is 10.3. The Labute approximate surface area is 201 Å². The number of carbonyl (C=O) groups excluding carboxylic acids is 1. The van der Waals surface area contributed by atoms with Crippen molar-refractivity contribution >= 4 is 34.3 Å². The Morgan fingerprint density at radius 2 is 1.82 bits per heavy atom. The van der Waals surface area contributed by atoms with Crippen LogP contribution in [0.15, 0.2) is 52.4 Å². The van der Waals surface area contributed by atoms with Crippen LogP contribution in [0, 0.1) is 0 Å². The Kier molecular flexibility index (Phi) is 5.48. The highest BCUT2D eigenvalue weighted by molar-refractivity contribution is 7.99. The Hall–Kier alpha value is -3.00. The van der Waals surface area contributed by atoms with Crippen molar-refractivity contribution in [1.29, 1.82) is 0 Å². The van der Waals surface area contributed by atoms with Crippen LogP contribution in [0.3, 0.4) is 0 Å². The number of amides is 1. The number of rotatable bonds is 5. The number of hydrogen-bond donors (Lipinski definition) is 1. The first-order valence-corrected chi connectivity index (χ1v) is 13.0. The van der Waals surface area contributed by atoms with Crippen LogP contribution in [0.4, 0.5) is 5.69 Å². The number of aromatic nitrogens is 2. The highest BCUT2D eigenvalue weighted by Gasteiger charge is 2.44. The number of nitrogens with one attached hydrogen (secondary N) is 1. The van der Waals surface area contributed by atoms with Gasteiger partial charge in [-0.1, -0.05) is 36.7 Å². The molecule has 2 aliphatic carbocycles. The van der Waals surface area contributed by atoms with E-state index in [9.17, 15) is 9.59 Å². The summed E-state index contributed by atoms with van der Waals surface area (Å²) in [6.07, 6.45) is 8.15. The minimum Gasteiger partial charge on any atom is -0.448 e. The van der Waals surface area contributed by atoms with Crippen LogP contribution in [0.2, 0.25) is 0 Å². The molecule has 1 aliphatic heterocycles. The predicted molar refractivity (Wildman–Crippen MR) is 132 cm³/mol. The summed E-state index contributed by atoms with van der Waals surface area (Å²) in [7, 11) is 0. The van der Waals surface area contributed by atoms with Crippen molar-refractivity contribution in [3.8, 4) is 11.5 Å². The van der Waals surface area contributed by atoms with Gasteiger partial charge in [-0.25, -0.2) is 4.98 Å². The molecule has 0 bridgehead atoms. The Morgan fingerprint density at radius 3 is 2.65 bits per heavy atom. The molecule has 7 nitrogen and oxygen atoms in total. The molecule has 8 heteroatoms. The number of anilines is 1. The van der Waals surface area contributed by atoms with Crippen LogP contribution in [-0.4, -0.2) is 27.0 Å². The third-order valence-electron chi connectivity index (χ3n) is 6.98. The molecule has 0 unspecified atom stereocenters. The zero-order chi connectivity index (χ0) is 23.1. The summed E-state index contributed by atoms with van der Waals surface area (Å²) in [6.45, 7) is 0. The number of nitrogens with zero attached hydrogens (tertiary/aromatic N) is 2.